The van der Waals surface area contributed by atoms with Crippen molar-refractivity contribution in [3.05, 3.63) is 34.8 Å². The van der Waals surface area contributed by atoms with E-state index in [0.717, 1.165) is 68.1 Å². The number of aliphatic hydroxyl groups is 1. The van der Waals surface area contributed by atoms with E-state index in [2.05, 4.69) is 30.7 Å². The fourth-order valence-electron chi connectivity index (χ4n) is 3.59. The summed E-state index contributed by atoms with van der Waals surface area (Å²) < 4.78 is 12.9. The maximum absolute atomic E-state index is 11.0. The lowest BCUT2D eigenvalue weighted by Gasteiger charge is -2.27. The van der Waals surface area contributed by atoms with Crippen molar-refractivity contribution in [2.24, 2.45) is 12.0 Å². The van der Waals surface area contributed by atoms with Crippen LogP contribution in [0.15, 0.2) is 15.5 Å². The molecule has 1 aliphatic rings. The van der Waals surface area contributed by atoms with Gasteiger partial charge in [0.05, 0.1) is 19.8 Å². The first kappa shape index (κ1) is 26.6. The van der Waals surface area contributed by atoms with E-state index in [1.54, 1.807) is 6.92 Å². The third-order valence-corrected chi connectivity index (χ3v) is 5.61. The number of ether oxygens (including phenoxy) is 1. The lowest BCUT2D eigenvalue weighted by atomic mass is 9.96. The number of aliphatic imine (C=N–C) groups is 1. The molecule has 1 atom stereocenters. The van der Waals surface area contributed by atoms with Crippen molar-refractivity contribution in [3.8, 4) is 0 Å². The van der Waals surface area contributed by atoms with Gasteiger partial charge >= 0.3 is 0 Å². The molecule has 1 saturated heterocycles. The lowest BCUT2D eigenvalue weighted by molar-refractivity contribution is 0.0388. The molecule has 0 aliphatic carbocycles. The van der Waals surface area contributed by atoms with Crippen molar-refractivity contribution < 1.29 is 14.3 Å². The topological polar surface area (TPSA) is 113 Å². The Morgan fingerprint density at radius 1 is 1.22 bits per heavy atom. The minimum absolute atomic E-state index is 0. The summed E-state index contributed by atoms with van der Waals surface area (Å²) in [6.45, 7) is 13.1. The summed E-state index contributed by atoms with van der Waals surface area (Å²) in [5.41, 5.74) is -0.329. The molecule has 32 heavy (non-hydrogen) atoms. The van der Waals surface area contributed by atoms with Crippen LogP contribution < -0.4 is 10.6 Å². The minimum Gasteiger partial charge on any atom is -0.466 e. The van der Waals surface area contributed by atoms with Gasteiger partial charge in [0.2, 0.25) is 0 Å². The predicted molar refractivity (Wildman–Crippen MR) is 133 cm³/mol. The predicted octanol–water partition coefficient (Wildman–Crippen LogP) is 1.23. The van der Waals surface area contributed by atoms with Crippen LogP contribution in [0.4, 0.5) is 0 Å². The number of hydrogen-bond acceptors (Lipinski definition) is 7. The van der Waals surface area contributed by atoms with E-state index in [1.807, 2.05) is 38.5 Å². The van der Waals surface area contributed by atoms with E-state index in [0.29, 0.717) is 12.5 Å². The van der Waals surface area contributed by atoms with Gasteiger partial charge in [-0.3, -0.25) is 4.90 Å². The number of aryl methyl sites for hydroxylation is 3. The maximum atomic E-state index is 11.0. The zero-order chi connectivity index (χ0) is 22.4. The van der Waals surface area contributed by atoms with Gasteiger partial charge in [0.25, 0.3) is 0 Å². The minimum atomic E-state index is -1.10. The first-order valence-electron chi connectivity index (χ1n) is 10.7. The number of guanidine groups is 1. The lowest BCUT2D eigenvalue weighted by Crippen LogP contribution is -2.47. The van der Waals surface area contributed by atoms with Crippen LogP contribution in [0.25, 0.3) is 0 Å². The second-order valence-electron chi connectivity index (χ2n) is 8.22. The Kier molecular flexibility index (Phi) is 9.92. The number of hydrogen-bond donors (Lipinski definition) is 3. The quantitative estimate of drug-likeness (QED) is 0.251. The summed E-state index contributed by atoms with van der Waals surface area (Å²) in [6.07, 6.45) is 0. The van der Waals surface area contributed by atoms with E-state index in [1.165, 1.54) is 0 Å². The Labute approximate surface area is 206 Å². The molecule has 3 rings (SSSR count). The highest BCUT2D eigenvalue weighted by atomic mass is 127. The fourth-order valence-corrected chi connectivity index (χ4v) is 3.59. The molecule has 1 aliphatic heterocycles. The number of rotatable bonds is 8. The van der Waals surface area contributed by atoms with Crippen LogP contribution in [-0.4, -0.2) is 76.7 Å². The van der Waals surface area contributed by atoms with Gasteiger partial charge in [-0.2, -0.15) is 0 Å². The zero-order valence-electron chi connectivity index (χ0n) is 19.6. The van der Waals surface area contributed by atoms with Gasteiger partial charge < -0.3 is 29.5 Å². The summed E-state index contributed by atoms with van der Waals surface area (Å²) >= 11 is 0. The summed E-state index contributed by atoms with van der Waals surface area (Å²) in [4.78, 5) is 7.02. The number of morpholine rings is 1. The average molecular weight is 561 g/mol. The van der Waals surface area contributed by atoms with Crippen molar-refractivity contribution in [3.63, 3.8) is 0 Å². The molecule has 0 bridgehead atoms. The van der Waals surface area contributed by atoms with Crippen molar-refractivity contribution in [2.75, 3.05) is 45.9 Å². The first-order valence-corrected chi connectivity index (χ1v) is 10.7. The molecule has 11 heteroatoms. The Bertz CT molecular complexity index is 888. The molecule has 1 fully saturated rings. The van der Waals surface area contributed by atoms with Crippen LogP contribution >= 0.6 is 24.0 Å². The smallest absolute Gasteiger partial charge is 0.191 e. The molecule has 0 amide bonds. The van der Waals surface area contributed by atoms with Crippen molar-refractivity contribution in [1.29, 1.82) is 0 Å². The van der Waals surface area contributed by atoms with Crippen molar-refractivity contribution >= 4 is 29.9 Å². The van der Waals surface area contributed by atoms with Gasteiger partial charge in [0.15, 0.2) is 11.8 Å². The maximum Gasteiger partial charge on any atom is 0.191 e. The largest absolute Gasteiger partial charge is 0.466 e. The van der Waals surface area contributed by atoms with Crippen LogP contribution in [0.5, 0.6) is 0 Å². The first-order chi connectivity index (χ1) is 14.8. The van der Waals surface area contributed by atoms with Crippen molar-refractivity contribution in [2.45, 2.75) is 39.8 Å². The highest BCUT2D eigenvalue weighted by Crippen LogP contribution is 2.26. The van der Waals surface area contributed by atoms with Gasteiger partial charge in [0, 0.05) is 38.8 Å². The molecule has 10 nitrogen and oxygen atoms in total. The highest BCUT2D eigenvalue weighted by molar-refractivity contribution is 14.0. The molecule has 1 unspecified atom stereocenters. The third kappa shape index (κ3) is 7.15. The average Bonchev–Trinajstić information content (AvgIpc) is 3.25. The molecule has 180 valence electrons. The normalized spacial score (nSPS) is 17.0. The Morgan fingerprint density at radius 3 is 2.53 bits per heavy atom. The molecule has 0 saturated carbocycles. The highest BCUT2D eigenvalue weighted by Gasteiger charge is 2.28. The van der Waals surface area contributed by atoms with Crippen LogP contribution in [0, 0.1) is 20.8 Å². The van der Waals surface area contributed by atoms with Gasteiger partial charge in [-0.1, -0.05) is 0 Å². The molecule has 0 radical (unpaired) electrons. The summed E-state index contributed by atoms with van der Waals surface area (Å²) in [7, 11) is 1.92. The second-order valence-corrected chi connectivity index (χ2v) is 8.22. The number of furan rings is 1. The fraction of sp³-hybridized carbons (Fsp3) is 0.667. The number of nitrogens with zero attached hydrogens (tertiary/aromatic N) is 5. The Balaban J connectivity index is 0.00000363. The van der Waals surface area contributed by atoms with Gasteiger partial charge in [-0.15, -0.1) is 34.2 Å². The van der Waals surface area contributed by atoms with E-state index < -0.39 is 5.60 Å². The van der Waals surface area contributed by atoms with Crippen molar-refractivity contribution in [1.82, 2.24) is 30.3 Å². The summed E-state index contributed by atoms with van der Waals surface area (Å²) in [6, 6.07) is 1.88. The number of halogens is 1. The molecule has 2 aromatic heterocycles. The van der Waals surface area contributed by atoms with Gasteiger partial charge in [-0.25, -0.2) is 4.99 Å². The van der Waals surface area contributed by atoms with Crippen LogP contribution in [0.1, 0.15) is 35.7 Å². The zero-order valence-corrected chi connectivity index (χ0v) is 22.0. The Hall–Kier alpha value is -1.70. The van der Waals surface area contributed by atoms with Gasteiger partial charge in [0.1, 0.15) is 29.5 Å². The molecular weight excluding hydrogens is 525 g/mol. The second kappa shape index (κ2) is 12.0. The van der Waals surface area contributed by atoms with E-state index >= 15 is 0 Å². The molecule has 3 N–H and O–H groups in total. The Morgan fingerprint density at radius 2 is 1.94 bits per heavy atom. The molecule has 2 aromatic rings. The summed E-state index contributed by atoms with van der Waals surface area (Å²) in [5, 5.41) is 26.0. The standard InChI is InChI=1S/C21H35N7O3.HI/c1-15-12-18(16(2)31-15)21(4,29)14-24-20(22-6-7-28-8-10-30-11-9-28)23-13-19-26-25-17(3)27(19)5;/h12,29H,6-11,13-14H2,1-5H3,(H2,22,23,24);1H. The molecule has 3 heterocycles. The summed E-state index contributed by atoms with van der Waals surface area (Å²) in [5.74, 6) is 3.74. The van der Waals surface area contributed by atoms with Crippen LogP contribution in [0.3, 0.4) is 0 Å². The van der Waals surface area contributed by atoms with Gasteiger partial charge in [-0.05, 0) is 33.8 Å². The SMILES string of the molecule is Cc1cc(C(C)(O)CNC(=NCc2nnc(C)n2C)NCCN2CCOCC2)c(C)o1.I. The van der Waals surface area contributed by atoms with E-state index in [9.17, 15) is 5.11 Å². The number of aromatic nitrogens is 3. The van der Waals surface area contributed by atoms with E-state index in [4.69, 9.17) is 9.15 Å². The van der Waals surface area contributed by atoms with Crippen LogP contribution in [-0.2, 0) is 23.9 Å². The van der Waals surface area contributed by atoms with Crippen LogP contribution in [0.2, 0.25) is 0 Å². The van der Waals surface area contributed by atoms with E-state index in [-0.39, 0.29) is 30.5 Å². The number of nitrogens with one attached hydrogen (secondary N) is 2. The molecule has 0 aromatic carbocycles. The molecular formula is C21H36IN7O3. The monoisotopic (exact) mass is 561 g/mol. The molecule has 0 spiro atoms. The third-order valence-electron chi connectivity index (χ3n) is 5.61.